The SMILES string of the molecule is COc1ccc(Br)cc1CNC(=O)Cc1ccc(F)c(Br)c1. The smallest absolute Gasteiger partial charge is 0.224 e. The van der Waals surface area contributed by atoms with Crippen molar-refractivity contribution in [2.45, 2.75) is 13.0 Å². The number of hydrogen-bond donors (Lipinski definition) is 1. The summed E-state index contributed by atoms with van der Waals surface area (Å²) in [6, 6.07) is 10.1. The van der Waals surface area contributed by atoms with E-state index in [0.29, 0.717) is 16.8 Å². The second-order valence-corrected chi connectivity index (χ2v) is 6.43. The van der Waals surface area contributed by atoms with E-state index in [9.17, 15) is 9.18 Å². The Morgan fingerprint density at radius 3 is 2.68 bits per heavy atom. The maximum atomic E-state index is 13.2. The molecule has 0 atom stereocenters. The summed E-state index contributed by atoms with van der Waals surface area (Å²) in [7, 11) is 1.59. The predicted octanol–water partition coefficient (Wildman–Crippen LogP) is 4.22. The van der Waals surface area contributed by atoms with Gasteiger partial charge in [-0.1, -0.05) is 22.0 Å². The highest BCUT2D eigenvalue weighted by Crippen LogP contribution is 2.23. The molecule has 2 aromatic rings. The number of rotatable bonds is 5. The lowest BCUT2D eigenvalue weighted by molar-refractivity contribution is -0.120. The van der Waals surface area contributed by atoms with Gasteiger partial charge in [-0.25, -0.2) is 4.39 Å². The van der Waals surface area contributed by atoms with Gasteiger partial charge in [-0.2, -0.15) is 0 Å². The number of hydrogen-bond acceptors (Lipinski definition) is 2. The van der Waals surface area contributed by atoms with Gasteiger partial charge in [0.15, 0.2) is 0 Å². The highest BCUT2D eigenvalue weighted by molar-refractivity contribution is 9.10. The van der Waals surface area contributed by atoms with Crippen LogP contribution in [0, 0.1) is 5.82 Å². The lowest BCUT2D eigenvalue weighted by Crippen LogP contribution is -2.24. The van der Waals surface area contributed by atoms with Crippen LogP contribution >= 0.6 is 31.9 Å². The molecule has 116 valence electrons. The van der Waals surface area contributed by atoms with Crippen molar-refractivity contribution in [2.75, 3.05) is 7.11 Å². The molecule has 0 aliphatic heterocycles. The van der Waals surface area contributed by atoms with Gasteiger partial charge in [-0.15, -0.1) is 0 Å². The van der Waals surface area contributed by atoms with Crippen molar-refractivity contribution >= 4 is 37.8 Å². The Morgan fingerprint density at radius 1 is 1.23 bits per heavy atom. The Kier molecular flexibility index (Phi) is 5.97. The summed E-state index contributed by atoms with van der Waals surface area (Å²) in [6.07, 6.45) is 0.190. The van der Waals surface area contributed by atoms with Crippen molar-refractivity contribution in [3.63, 3.8) is 0 Å². The lowest BCUT2D eigenvalue weighted by Gasteiger charge is -2.10. The summed E-state index contributed by atoms with van der Waals surface area (Å²) < 4.78 is 19.7. The molecule has 0 bridgehead atoms. The van der Waals surface area contributed by atoms with Gasteiger partial charge in [-0.05, 0) is 51.8 Å². The molecule has 0 radical (unpaired) electrons. The number of carbonyl (C=O) groups excluding carboxylic acids is 1. The molecule has 0 fully saturated rings. The average Bonchev–Trinajstić information content (AvgIpc) is 2.49. The Morgan fingerprint density at radius 2 is 2.00 bits per heavy atom. The summed E-state index contributed by atoms with van der Waals surface area (Å²) >= 11 is 6.50. The van der Waals surface area contributed by atoms with Crippen molar-refractivity contribution in [2.24, 2.45) is 0 Å². The molecular weight excluding hydrogens is 417 g/mol. The molecule has 2 rings (SSSR count). The first-order valence-electron chi connectivity index (χ1n) is 6.52. The number of amides is 1. The van der Waals surface area contributed by atoms with Crippen LogP contribution in [0.1, 0.15) is 11.1 Å². The zero-order chi connectivity index (χ0) is 16.1. The number of carbonyl (C=O) groups is 1. The molecule has 1 N–H and O–H groups in total. The summed E-state index contributed by atoms with van der Waals surface area (Å²) in [4.78, 5) is 12.0. The summed E-state index contributed by atoms with van der Waals surface area (Å²) in [6.45, 7) is 0.365. The number of nitrogens with one attached hydrogen (secondary N) is 1. The molecule has 0 heterocycles. The van der Waals surface area contributed by atoms with Gasteiger partial charge in [0.25, 0.3) is 0 Å². The quantitative estimate of drug-likeness (QED) is 0.771. The Bertz CT molecular complexity index is 692. The Hall–Kier alpha value is -1.40. The molecule has 6 heteroatoms. The molecule has 22 heavy (non-hydrogen) atoms. The van der Waals surface area contributed by atoms with Crippen LogP contribution < -0.4 is 10.1 Å². The molecule has 0 aromatic heterocycles. The minimum Gasteiger partial charge on any atom is -0.496 e. The van der Waals surface area contributed by atoms with Gasteiger partial charge in [0.2, 0.25) is 5.91 Å². The number of halogens is 3. The summed E-state index contributed by atoms with van der Waals surface area (Å²) in [5.41, 5.74) is 1.62. The van der Waals surface area contributed by atoms with E-state index < -0.39 is 0 Å². The number of methoxy groups -OCH3 is 1. The first kappa shape index (κ1) is 17.0. The first-order chi connectivity index (χ1) is 10.5. The highest BCUT2D eigenvalue weighted by atomic mass is 79.9. The molecule has 0 saturated heterocycles. The van der Waals surface area contributed by atoms with Crippen LogP contribution in [0.15, 0.2) is 45.3 Å². The van der Waals surface area contributed by atoms with E-state index >= 15 is 0 Å². The second-order valence-electron chi connectivity index (χ2n) is 4.66. The van der Waals surface area contributed by atoms with E-state index in [1.54, 1.807) is 19.2 Å². The van der Waals surface area contributed by atoms with Crippen LogP contribution in [0.25, 0.3) is 0 Å². The molecule has 0 aliphatic rings. The third-order valence-corrected chi connectivity index (χ3v) is 4.17. The molecule has 0 unspecified atom stereocenters. The van der Waals surface area contributed by atoms with Gasteiger partial charge < -0.3 is 10.1 Å². The van der Waals surface area contributed by atoms with Gasteiger partial charge in [-0.3, -0.25) is 4.79 Å². The van der Waals surface area contributed by atoms with Crippen molar-refractivity contribution in [1.29, 1.82) is 0 Å². The van der Waals surface area contributed by atoms with E-state index in [1.165, 1.54) is 6.07 Å². The number of benzene rings is 2. The minimum absolute atomic E-state index is 0.138. The van der Waals surface area contributed by atoms with E-state index in [-0.39, 0.29) is 18.1 Å². The molecule has 3 nitrogen and oxygen atoms in total. The lowest BCUT2D eigenvalue weighted by atomic mass is 10.1. The van der Waals surface area contributed by atoms with Gasteiger partial charge in [0.05, 0.1) is 18.0 Å². The van der Waals surface area contributed by atoms with Crippen LogP contribution in [0.2, 0.25) is 0 Å². The van der Waals surface area contributed by atoms with Crippen LogP contribution in [0.5, 0.6) is 5.75 Å². The van der Waals surface area contributed by atoms with E-state index in [0.717, 1.165) is 15.6 Å². The van der Waals surface area contributed by atoms with E-state index in [1.807, 2.05) is 18.2 Å². The van der Waals surface area contributed by atoms with Crippen LogP contribution in [0.4, 0.5) is 4.39 Å². The van der Waals surface area contributed by atoms with Gasteiger partial charge in [0.1, 0.15) is 11.6 Å². The largest absolute Gasteiger partial charge is 0.496 e. The van der Waals surface area contributed by atoms with Crippen LogP contribution in [-0.2, 0) is 17.8 Å². The fraction of sp³-hybridized carbons (Fsp3) is 0.188. The van der Waals surface area contributed by atoms with Crippen molar-refractivity contribution in [3.8, 4) is 5.75 Å². The van der Waals surface area contributed by atoms with Gasteiger partial charge in [0, 0.05) is 16.6 Å². The first-order valence-corrected chi connectivity index (χ1v) is 8.11. The topological polar surface area (TPSA) is 38.3 Å². The standard InChI is InChI=1S/C16H14Br2FNO2/c1-22-15-5-3-12(17)8-11(15)9-20-16(21)7-10-2-4-14(19)13(18)6-10/h2-6,8H,7,9H2,1H3,(H,20,21). The Labute approximate surface area is 145 Å². The zero-order valence-corrected chi connectivity index (χ0v) is 15.0. The summed E-state index contributed by atoms with van der Waals surface area (Å²) in [5.74, 6) is 0.233. The third-order valence-electron chi connectivity index (χ3n) is 3.07. The maximum absolute atomic E-state index is 13.2. The molecule has 2 aromatic carbocycles. The monoisotopic (exact) mass is 429 g/mol. The van der Waals surface area contributed by atoms with Gasteiger partial charge >= 0.3 is 0 Å². The fourth-order valence-electron chi connectivity index (χ4n) is 1.98. The molecular formula is C16H14Br2FNO2. The zero-order valence-electron chi connectivity index (χ0n) is 11.8. The maximum Gasteiger partial charge on any atom is 0.224 e. The molecule has 1 amide bonds. The Balaban J connectivity index is 1.98. The summed E-state index contributed by atoms with van der Waals surface area (Å²) in [5, 5.41) is 2.83. The molecule has 0 aliphatic carbocycles. The molecule has 0 spiro atoms. The highest BCUT2D eigenvalue weighted by Gasteiger charge is 2.08. The second kappa shape index (κ2) is 7.74. The van der Waals surface area contributed by atoms with Crippen molar-refractivity contribution < 1.29 is 13.9 Å². The van der Waals surface area contributed by atoms with Crippen molar-refractivity contribution in [3.05, 3.63) is 62.3 Å². The van der Waals surface area contributed by atoms with Crippen LogP contribution in [0.3, 0.4) is 0 Å². The minimum atomic E-state index is -0.344. The number of ether oxygens (including phenoxy) is 1. The predicted molar refractivity (Wildman–Crippen MR) is 90.3 cm³/mol. The fourth-order valence-corrected chi connectivity index (χ4v) is 2.81. The van der Waals surface area contributed by atoms with E-state index in [4.69, 9.17) is 4.74 Å². The normalized spacial score (nSPS) is 10.4. The third kappa shape index (κ3) is 4.55. The average molecular weight is 431 g/mol. The van der Waals surface area contributed by atoms with Crippen LogP contribution in [-0.4, -0.2) is 13.0 Å². The van der Waals surface area contributed by atoms with E-state index in [2.05, 4.69) is 37.2 Å². The molecule has 0 saturated carbocycles. The van der Waals surface area contributed by atoms with Crippen molar-refractivity contribution in [1.82, 2.24) is 5.32 Å².